The zero-order valence-electron chi connectivity index (χ0n) is 16.9. The van der Waals surface area contributed by atoms with E-state index in [4.69, 9.17) is 0 Å². The molecule has 2 amide bonds. The van der Waals surface area contributed by atoms with Gasteiger partial charge < -0.3 is 9.80 Å². The fourth-order valence-electron chi connectivity index (χ4n) is 5.15. The van der Waals surface area contributed by atoms with E-state index in [0.29, 0.717) is 24.2 Å². The van der Waals surface area contributed by atoms with Gasteiger partial charge in [0.15, 0.2) is 0 Å². The first-order valence-corrected chi connectivity index (χ1v) is 10.4. The molecular formula is C22H30FN3O2. The highest BCUT2D eigenvalue weighted by Gasteiger charge is 2.48. The number of carbonyl (C=O) groups excluding carboxylic acids is 2. The lowest BCUT2D eigenvalue weighted by Crippen LogP contribution is -2.44. The summed E-state index contributed by atoms with van der Waals surface area (Å²) in [6.45, 7) is 5.75. The summed E-state index contributed by atoms with van der Waals surface area (Å²) in [6, 6.07) is 4.69. The predicted octanol–water partition coefficient (Wildman–Crippen LogP) is 2.68. The molecule has 0 radical (unpaired) electrons. The van der Waals surface area contributed by atoms with Gasteiger partial charge in [0.25, 0.3) is 5.91 Å². The van der Waals surface area contributed by atoms with E-state index in [-0.39, 0.29) is 29.1 Å². The van der Waals surface area contributed by atoms with Crippen LogP contribution >= 0.6 is 0 Å². The van der Waals surface area contributed by atoms with Crippen LogP contribution in [0, 0.1) is 18.2 Å². The summed E-state index contributed by atoms with van der Waals surface area (Å²) < 4.78 is 13.8. The number of aryl methyl sites for hydroxylation is 1. The number of amides is 2. The molecule has 1 aromatic carbocycles. The van der Waals surface area contributed by atoms with Crippen LogP contribution in [0.4, 0.5) is 4.39 Å². The monoisotopic (exact) mass is 387 g/mol. The van der Waals surface area contributed by atoms with Crippen LogP contribution in [0.15, 0.2) is 18.2 Å². The van der Waals surface area contributed by atoms with E-state index in [0.717, 1.165) is 51.7 Å². The van der Waals surface area contributed by atoms with E-state index in [1.165, 1.54) is 6.07 Å². The SMILES string of the molecule is Cc1ccc(C(=O)N2CCC3(CC2)CC(C(=O)N2CCCC2)N(C)C3)cc1F. The molecule has 0 saturated carbocycles. The van der Waals surface area contributed by atoms with Crippen LogP contribution in [0.5, 0.6) is 0 Å². The second kappa shape index (κ2) is 7.47. The van der Waals surface area contributed by atoms with E-state index in [1.54, 1.807) is 19.1 Å². The maximum atomic E-state index is 13.8. The number of piperidine rings is 1. The van der Waals surface area contributed by atoms with Gasteiger partial charge in [0.2, 0.25) is 5.91 Å². The van der Waals surface area contributed by atoms with Crippen LogP contribution in [-0.2, 0) is 4.79 Å². The average molecular weight is 387 g/mol. The van der Waals surface area contributed by atoms with Crippen molar-refractivity contribution in [2.45, 2.75) is 45.1 Å². The zero-order chi connectivity index (χ0) is 19.9. The van der Waals surface area contributed by atoms with Crippen molar-refractivity contribution in [3.05, 3.63) is 35.1 Å². The van der Waals surface area contributed by atoms with Crippen molar-refractivity contribution in [1.29, 1.82) is 0 Å². The molecule has 1 aromatic rings. The Morgan fingerprint density at radius 3 is 2.39 bits per heavy atom. The van der Waals surface area contributed by atoms with Gasteiger partial charge in [0.05, 0.1) is 6.04 Å². The predicted molar refractivity (Wildman–Crippen MR) is 106 cm³/mol. The van der Waals surface area contributed by atoms with Gasteiger partial charge in [-0.15, -0.1) is 0 Å². The number of rotatable bonds is 2. The second-order valence-corrected chi connectivity index (χ2v) is 8.92. The van der Waals surface area contributed by atoms with Crippen molar-refractivity contribution in [2.75, 3.05) is 39.8 Å². The molecule has 1 unspecified atom stereocenters. The van der Waals surface area contributed by atoms with Crippen LogP contribution < -0.4 is 0 Å². The highest BCUT2D eigenvalue weighted by Crippen LogP contribution is 2.43. The van der Waals surface area contributed by atoms with Crippen LogP contribution in [-0.4, -0.2) is 72.3 Å². The lowest BCUT2D eigenvalue weighted by atomic mass is 9.76. The number of likely N-dealkylation sites (N-methyl/N-ethyl adjacent to an activating group) is 1. The normalized spacial score (nSPS) is 24.9. The topological polar surface area (TPSA) is 43.9 Å². The third-order valence-corrected chi connectivity index (χ3v) is 6.98. The van der Waals surface area contributed by atoms with Crippen LogP contribution in [0.3, 0.4) is 0 Å². The standard InChI is InChI=1S/C22H30FN3O2/c1-16-5-6-17(13-18(16)23)20(27)26-11-7-22(8-12-26)14-19(24(2)15-22)21(28)25-9-3-4-10-25/h5-6,13,19H,3-4,7-12,14-15H2,1-2H3. The van der Waals surface area contributed by atoms with Gasteiger partial charge in [-0.05, 0) is 69.2 Å². The summed E-state index contributed by atoms with van der Waals surface area (Å²) in [7, 11) is 2.06. The number of benzene rings is 1. The first kappa shape index (κ1) is 19.4. The molecule has 6 heteroatoms. The number of hydrogen-bond acceptors (Lipinski definition) is 3. The molecule has 1 spiro atoms. The van der Waals surface area contributed by atoms with Crippen molar-refractivity contribution in [3.8, 4) is 0 Å². The Hall–Kier alpha value is -1.95. The Morgan fingerprint density at radius 2 is 1.75 bits per heavy atom. The Balaban J connectivity index is 1.38. The minimum Gasteiger partial charge on any atom is -0.341 e. The van der Waals surface area contributed by atoms with Crippen molar-refractivity contribution in [2.24, 2.45) is 5.41 Å². The second-order valence-electron chi connectivity index (χ2n) is 8.92. The van der Waals surface area contributed by atoms with Gasteiger partial charge >= 0.3 is 0 Å². The van der Waals surface area contributed by atoms with Gasteiger partial charge in [-0.1, -0.05) is 6.07 Å². The molecule has 0 aliphatic carbocycles. The fraction of sp³-hybridized carbons (Fsp3) is 0.636. The number of likely N-dealkylation sites (tertiary alicyclic amines) is 3. The van der Waals surface area contributed by atoms with Crippen LogP contribution in [0.2, 0.25) is 0 Å². The minimum atomic E-state index is -0.333. The summed E-state index contributed by atoms with van der Waals surface area (Å²) >= 11 is 0. The quantitative estimate of drug-likeness (QED) is 0.784. The Bertz CT molecular complexity index is 767. The molecule has 3 heterocycles. The Morgan fingerprint density at radius 1 is 1.07 bits per heavy atom. The summed E-state index contributed by atoms with van der Waals surface area (Å²) in [6.07, 6.45) is 4.93. The van der Waals surface area contributed by atoms with Gasteiger partial charge in [0.1, 0.15) is 5.82 Å². The smallest absolute Gasteiger partial charge is 0.253 e. The maximum Gasteiger partial charge on any atom is 0.253 e. The summed E-state index contributed by atoms with van der Waals surface area (Å²) in [5.41, 5.74) is 1.09. The van der Waals surface area contributed by atoms with Crippen molar-refractivity contribution >= 4 is 11.8 Å². The molecule has 4 rings (SSSR count). The maximum absolute atomic E-state index is 13.8. The fourth-order valence-corrected chi connectivity index (χ4v) is 5.15. The van der Waals surface area contributed by atoms with Crippen LogP contribution in [0.1, 0.15) is 48.0 Å². The van der Waals surface area contributed by atoms with E-state index < -0.39 is 0 Å². The van der Waals surface area contributed by atoms with Gasteiger partial charge in [-0.3, -0.25) is 14.5 Å². The van der Waals surface area contributed by atoms with E-state index >= 15 is 0 Å². The third kappa shape index (κ3) is 3.54. The highest BCUT2D eigenvalue weighted by molar-refractivity contribution is 5.94. The van der Waals surface area contributed by atoms with Crippen molar-refractivity contribution in [3.63, 3.8) is 0 Å². The highest BCUT2D eigenvalue weighted by atomic mass is 19.1. The Labute approximate surface area is 166 Å². The summed E-state index contributed by atoms with van der Waals surface area (Å²) in [4.78, 5) is 31.7. The van der Waals surface area contributed by atoms with Crippen molar-refractivity contribution in [1.82, 2.24) is 14.7 Å². The van der Waals surface area contributed by atoms with Crippen molar-refractivity contribution < 1.29 is 14.0 Å². The molecule has 152 valence electrons. The molecule has 0 aromatic heterocycles. The minimum absolute atomic E-state index is 0.0217. The lowest BCUT2D eigenvalue weighted by molar-refractivity contribution is -0.134. The molecular weight excluding hydrogens is 357 g/mol. The molecule has 0 bridgehead atoms. The Kier molecular flexibility index (Phi) is 5.17. The third-order valence-electron chi connectivity index (χ3n) is 6.98. The number of carbonyl (C=O) groups is 2. The summed E-state index contributed by atoms with van der Waals surface area (Å²) in [5.74, 6) is -0.143. The molecule has 5 nitrogen and oxygen atoms in total. The van der Waals surface area contributed by atoms with Gasteiger partial charge in [-0.2, -0.15) is 0 Å². The number of nitrogens with zero attached hydrogens (tertiary/aromatic N) is 3. The lowest BCUT2D eigenvalue weighted by Gasteiger charge is -2.39. The van der Waals surface area contributed by atoms with Gasteiger partial charge in [0, 0.05) is 38.3 Å². The van der Waals surface area contributed by atoms with E-state index in [2.05, 4.69) is 11.9 Å². The van der Waals surface area contributed by atoms with E-state index in [9.17, 15) is 14.0 Å². The molecule has 0 N–H and O–H groups in total. The molecule has 28 heavy (non-hydrogen) atoms. The number of halogens is 1. The molecule has 3 aliphatic heterocycles. The zero-order valence-corrected chi connectivity index (χ0v) is 16.9. The number of hydrogen-bond donors (Lipinski definition) is 0. The largest absolute Gasteiger partial charge is 0.341 e. The molecule has 1 atom stereocenters. The average Bonchev–Trinajstić information content (AvgIpc) is 3.32. The molecule has 3 aliphatic rings. The van der Waals surface area contributed by atoms with Crippen LogP contribution in [0.25, 0.3) is 0 Å². The van der Waals surface area contributed by atoms with E-state index in [1.807, 2.05) is 9.80 Å². The summed E-state index contributed by atoms with van der Waals surface area (Å²) in [5, 5.41) is 0. The first-order valence-electron chi connectivity index (χ1n) is 10.4. The molecule has 3 saturated heterocycles. The van der Waals surface area contributed by atoms with Gasteiger partial charge in [-0.25, -0.2) is 4.39 Å². The molecule has 3 fully saturated rings. The first-order chi connectivity index (χ1) is 13.4.